The number of hydrogen-bond acceptors (Lipinski definition) is 3. The van der Waals surface area contributed by atoms with Gasteiger partial charge in [-0.05, 0) is 25.0 Å². The smallest absolute Gasteiger partial charge is 0.287 e. The summed E-state index contributed by atoms with van der Waals surface area (Å²) in [6.45, 7) is 2.00. The van der Waals surface area contributed by atoms with Crippen molar-refractivity contribution in [2.24, 2.45) is 5.73 Å². The summed E-state index contributed by atoms with van der Waals surface area (Å²) < 4.78 is 5.42. The van der Waals surface area contributed by atoms with Gasteiger partial charge < -0.3 is 15.5 Å². The molecule has 0 radical (unpaired) electrons. The van der Waals surface area contributed by atoms with Gasteiger partial charge in [-0.1, -0.05) is 19.8 Å². The molecule has 1 aromatic rings. The maximum Gasteiger partial charge on any atom is 0.287 e. The Morgan fingerprint density at radius 3 is 2.88 bits per heavy atom. The van der Waals surface area contributed by atoms with Crippen LogP contribution in [0.15, 0.2) is 16.5 Å². The second kappa shape index (κ2) is 5.36. The fourth-order valence-corrected chi connectivity index (χ4v) is 2.27. The van der Waals surface area contributed by atoms with Crippen LogP contribution in [0, 0.1) is 0 Å². The summed E-state index contributed by atoms with van der Waals surface area (Å²) in [6.07, 6.45) is 5.05. The van der Waals surface area contributed by atoms with Crippen molar-refractivity contribution in [3.63, 3.8) is 0 Å². The number of furan rings is 1. The monoisotopic (exact) mass is 236 g/mol. The van der Waals surface area contributed by atoms with Crippen LogP contribution in [0.1, 0.15) is 48.9 Å². The van der Waals surface area contributed by atoms with Gasteiger partial charge in [0.15, 0.2) is 5.76 Å². The van der Waals surface area contributed by atoms with Gasteiger partial charge >= 0.3 is 0 Å². The first-order chi connectivity index (χ1) is 8.20. The highest BCUT2D eigenvalue weighted by molar-refractivity contribution is 5.91. The lowest BCUT2D eigenvalue weighted by molar-refractivity contribution is 0.0891. The normalized spacial score (nSPS) is 24.6. The standard InChI is InChI=1S/C13H20N2O2/c1-2-9-7-8-12(17-9)13(16)15-11-6-4-3-5-10(11)14/h7-8,10-11H,2-6,14H2,1H3,(H,15,16). The average Bonchev–Trinajstić information content (AvgIpc) is 2.81. The molecule has 0 spiro atoms. The van der Waals surface area contributed by atoms with E-state index in [1.54, 1.807) is 6.07 Å². The van der Waals surface area contributed by atoms with Crippen LogP contribution in [0.2, 0.25) is 0 Å². The van der Waals surface area contributed by atoms with Crippen molar-refractivity contribution in [3.05, 3.63) is 23.7 Å². The van der Waals surface area contributed by atoms with E-state index < -0.39 is 0 Å². The van der Waals surface area contributed by atoms with Crippen LogP contribution in [0.4, 0.5) is 0 Å². The molecule has 2 unspecified atom stereocenters. The van der Waals surface area contributed by atoms with Crippen molar-refractivity contribution in [1.82, 2.24) is 5.32 Å². The molecule has 94 valence electrons. The molecule has 0 bridgehead atoms. The highest BCUT2D eigenvalue weighted by Gasteiger charge is 2.24. The van der Waals surface area contributed by atoms with Crippen molar-refractivity contribution < 1.29 is 9.21 Å². The molecular weight excluding hydrogens is 216 g/mol. The minimum absolute atomic E-state index is 0.0771. The molecular formula is C13H20N2O2. The highest BCUT2D eigenvalue weighted by atomic mass is 16.3. The number of aryl methyl sites for hydroxylation is 1. The molecule has 1 aromatic heterocycles. The number of nitrogens with one attached hydrogen (secondary N) is 1. The molecule has 0 aliphatic heterocycles. The van der Waals surface area contributed by atoms with Crippen LogP contribution < -0.4 is 11.1 Å². The summed E-state index contributed by atoms with van der Waals surface area (Å²) >= 11 is 0. The van der Waals surface area contributed by atoms with E-state index in [2.05, 4.69) is 5.32 Å². The number of amides is 1. The molecule has 2 atom stereocenters. The summed E-state index contributed by atoms with van der Waals surface area (Å²) in [6, 6.07) is 3.73. The minimum atomic E-state index is -0.146. The molecule has 17 heavy (non-hydrogen) atoms. The molecule has 4 nitrogen and oxygen atoms in total. The van der Waals surface area contributed by atoms with Gasteiger partial charge in [-0.25, -0.2) is 0 Å². The van der Waals surface area contributed by atoms with Crippen LogP contribution in [0.3, 0.4) is 0 Å². The number of hydrogen-bond donors (Lipinski definition) is 2. The number of nitrogens with two attached hydrogens (primary N) is 1. The molecule has 0 aromatic carbocycles. The molecule has 1 saturated carbocycles. The molecule has 2 rings (SSSR count). The van der Waals surface area contributed by atoms with Crippen LogP contribution in [-0.4, -0.2) is 18.0 Å². The van der Waals surface area contributed by atoms with Crippen molar-refractivity contribution in [1.29, 1.82) is 0 Å². The Bertz CT molecular complexity index is 387. The maximum atomic E-state index is 11.9. The largest absolute Gasteiger partial charge is 0.456 e. The van der Waals surface area contributed by atoms with E-state index in [-0.39, 0.29) is 18.0 Å². The van der Waals surface area contributed by atoms with Crippen molar-refractivity contribution >= 4 is 5.91 Å². The highest BCUT2D eigenvalue weighted by Crippen LogP contribution is 2.17. The Balaban J connectivity index is 1.96. The summed E-state index contributed by atoms with van der Waals surface area (Å²) in [7, 11) is 0. The Hall–Kier alpha value is -1.29. The first-order valence-electron chi connectivity index (χ1n) is 6.36. The minimum Gasteiger partial charge on any atom is -0.456 e. The molecule has 0 saturated heterocycles. The van der Waals surface area contributed by atoms with Gasteiger partial charge in [0, 0.05) is 18.5 Å². The summed E-state index contributed by atoms with van der Waals surface area (Å²) in [5, 5.41) is 2.96. The maximum absolute atomic E-state index is 11.9. The predicted octanol–water partition coefficient (Wildman–Crippen LogP) is 1.84. The molecule has 1 amide bonds. The van der Waals surface area contributed by atoms with Gasteiger partial charge in [-0.15, -0.1) is 0 Å². The van der Waals surface area contributed by atoms with Gasteiger partial charge in [0.05, 0.1) is 0 Å². The molecule has 1 aliphatic rings. The van der Waals surface area contributed by atoms with Crippen molar-refractivity contribution in [2.75, 3.05) is 0 Å². The third kappa shape index (κ3) is 2.88. The summed E-state index contributed by atoms with van der Waals surface area (Å²) in [5.74, 6) is 1.08. The Morgan fingerprint density at radius 2 is 2.24 bits per heavy atom. The van der Waals surface area contributed by atoms with E-state index in [4.69, 9.17) is 10.2 Å². The zero-order valence-corrected chi connectivity index (χ0v) is 10.2. The Morgan fingerprint density at radius 1 is 1.47 bits per heavy atom. The third-order valence-corrected chi connectivity index (χ3v) is 3.37. The van der Waals surface area contributed by atoms with E-state index >= 15 is 0 Å². The lowest BCUT2D eigenvalue weighted by Crippen LogP contribution is -2.49. The van der Waals surface area contributed by atoms with Crippen LogP contribution in [-0.2, 0) is 6.42 Å². The van der Waals surface area contributed by atoms with Crippen LogP contribution >= 0.6 is 0 Å². The second-order valence-corrected chi connectivity index (χ2v) is 4.65. The van der Waals surface area contributed by atoms with Crippen LogP contribution in [0.25, 0.3) is 0 Å². The second-order valence-electron chi connectivity index (χ2n) is 4.65. The van der Waals surface area contributed by atoms with Gasteiger partial charge in [0.25, 0.3) is 5.91 Å². The third-order valence-electron chi connectivity index (χ3n) is 3.37. The molecule has 1 fully saturated rings. The van der Waals surface area contributed by atoms with E-state index in [1.807, 2.05) is 13.0 Å². The van der Waals surface area contributed by atoms with Gasteiger partial charge in [0.1, 0.15) is 5.76 Å². The van der Waals surface area contributed by atoms with Gasteiger partial charge in [-0.2, -0.15) is 0 Å². The van der Waals surface area contributed by atoms with E-state index in [0.29, 0.717) is 5.76 Å². The van der Waals surface area contributed by atoms with Crippen LogP contribution in [0.5, 0.6) is 0 Å². The zero-order valence-electron chi connectivity index (χ0n) is 10.2. The van der Waals surface area contributed by atoms with E-state index in [0.717, 1.165) is 37.9 Å². The zero-order chi connectivity index (χ0) is 12.3. The Kier molecular flexibility index (Phi) is 3.84. The molecule has 4 heteroatoms. The molecule has 1 aliphatic carbocycles. The molecule has 3 N–H and O–H groups in total. The fraction of sp³-hybridized carbons (Fsp3) is 0.615. The van der Waals surface area contributed by atoms with Gasteiger partial charge in [0.2, 0.25) is 0 Å². The van der Waals surface area contributed by atoms with E-state index in [9.17, 15) is 4.79 Å². The van der Waals surface area contributed by atoms with E-state index in [1.165, 1.54) is 0 Å². The lowest BCUT2D eigenvalue weighted by Gasteiger charge is -2.28. The van der Waals surface area contributed by atoms with Gasteiger partial charge in [-0.3, -0.25) is 4.79 Å². The fourth-order valence-electron chi connectivity index (χ4n) is 2.27. The first-order valence-corrected chi connectivity index (χ1v) is 6.36. The lowest BCUT2D eigenvalue weighted by atomic mass is 9.91. The number of rotatable bonds is 3. The summed E-state index contributed by atoms with van der Waals surface area (Å²) in [4.78, 5) is 11.9. The summed E-state index contributed by atoms with van der Waals surface area (Å²) in [5.41, 5.74) is 5.99. The molecule has 1 heterocycles. The van der Waals surface area contributed by atoms with Crippen molar-refractivity contribution in [3.8, 4) is 0 Å². The quantitative estimate of drug-likeness (QED) is 0.841. The van der Waals surface area contributed by atoms with Crippen molar-refractivity contribution in [2.45, 2.75) is 51.1 Å². The first kappa shape index (κ1) is 12.2. The average molecular weight is 236 g/mol. The predicted molar refractivity (Wildman–Crippen MR) is 65.8 cm³/mol. The number of carbonyl (C=O) groups is 1. The topological polar surface area (TPSA) is 68.3 Å². The Labute approximate surface area is 102 Å². The number of carbonyl (C=O) groups excluding carboxylic acids is 1. The SMILES string of the molecule is CCc1ccc(C(=O)NC2CCCCC2N)o1.